The number of nitrogens with one attached hydrogen (secondary N) is 1. The van der Waals surface area contributed by atoms with Crippen molar-refractivity contribution >= 4 is 16.9 Å². The summed E-state index contributed by atoms with van der Waals surface area (Å²) in [7, 11) is 0. The SMILES string of the molecule is Cc1nn(-c2ncnc3nc[nH]c23)c(C)c1N. The first-order valence-corrected chi connectivity index (χ1v) is 5.14. The highest BCUT2D eigenvalue weighted by atomic mass is 15.3. The summed E-state index contributed by atoms with van der Waals surface area (Å²) >= 11 is 0. The maximum Gasteiger partial charge on any atom is 0.182 e. The standard InChI is InChI=1S/C10H11N7/c1-5-7(11)6(2)17(16-5)10-8-9(13-3-12-8)14-4-15-10/h3-4H,11H2,1-2H3,(H,12,13,14,15). The first-order chi connectivity index (χ1) is 8.18. The van der Waals surface area contributed by atoms with Gasteiger partial charge in [0.15, 0.2) is 11.5 Å². The molecule has 0 aliphatic rings. The molecular weight excluding hydrogens is 218 g/mol. The number of aromatic amines is 1. The molecule has 0 aliphatic heterocycles. The average molecular weight is 229 g/mol. The fourth-order valence-corrected chi connectivity index (χ4v) is 1.77. The second-order valence-electron chi connectivity index (χ2n) is 3.79. The predicted octanol–water partition coefficient (Wildman–Crippen LogP) is 0.738. The lowest BCUT2D eigenvalue weighted by Gasteiger charge is -2.03. The summed E-state index contributed by atoms with van der Waals surface area (Å²) in [5.41, 5.74) is 9.59. The Labute approximate surface area is 96.7 Å². The molecule has 17 heavy (non-hydrogen) atoms. The number of nitrogen functional groups attached to an aromatic ring is 1. The van der Waals surface area contributed by atoms with Gasteiger partial charge in [-0.2, -0.15) is 5.10 Å². The van der Waals surface area contributed by atoms with Crippen LogP contribution >= 0.6 is 0 Å². The van der Waals surface area contributed by atoms with Crippen LogP contribution in [0.1, 0.15) is 11.4 Å². The monoisotopic (exact) mass is 229 g/mol. The number of anilines is 1. The van der Waals surface area contributed by atoms with Gasteiger partial charge in [-0.3, -0.25) is 0 Å². The zero-order valence-electron chi connectivity index (χ0n) is 9.47. The fourth-order valence-electron chi connectivity index (χ4n) is 1.77. The van der Waals surface area contributed by atoms with E-state index in [2.05, 4.69) is 25.0 Å². The van der Waals surface area contributed by atoms with Gasteiger partial charge < -0.3 is 10.7 Å². The molecule has 7 nitrogen and oxygen atoms in total. The van der Waals surface area contributed by atoms with E-state index in [1.807, 2.05) is 13.8 Å². The number of hydrogen-bond donors (Lipinski definition) is 2. The lowest BCUT2D eigenvalue weighted by Crippen LogP contribution is -2.04. The Morgan fingerprint density at radius 3 is 2.76 bits per heavy atom. The number of nitrogens with two attached hydrogens (primary N) is 1. The van der Waals surface area contributed by atoms with Crippen molar-refractivity contribution in [3.8, 4) is 5.82 Å². The van der Waals surface area contributed by atoms with Gasteiger partial charge in [0.1, 0.15) is 11.8 Å². The highest BCUT2D eigenvalue weighted by molar-refractivity contribution is 5.77. The molecule has 3 aromatic rings. The molecular formula is C10H11N7. The number of H-pyrrole nitrogens is 1. The summed E-state index contributed by atoms with van der Waals surface area (Å²) in [5, 5.41) is 4.36. The van der Waals surface area contributed by atoms with Crippen LogP contribution in [-0.2, 0) is 0 Å². The normalized spacial score (nSPS) is 11.2. The second-order valence-corrected chi connectivity index (χ2v) is 3.79. The molecule has 0 radical (unpaired) electrons. The third-order valence-corrected chi connectivity index (χ3v) is 2.75. The van der Waals surface area contributed by atoms with Crippen LogP contribution in [0.4, 0.5) is 5.69 Å². The van der Waals surface area contributed by atoms with E-state index < -0.39 is 0 Å². The predicted molar refractivity (Wildman–Crippen MR) is 62.7 cm³/mol. The van der Waals surface area contributed by atoms with E-state index in [4.69, 9.17) is 5.73 Å². The maximum absolute atomic E-state index is 5.91. The van der Waals surface area contributed by atoms with E-state index in [9.17, 15) is 0 Å². The zero-order chi connectivity index (χ0) is 12.0. The summed E-state index contributed by atoms with van der Waals surface area (Å²) in [4.78, 5) is 15.4. The van der Waals surface area contributed by atoms with Crippen LogP contribution in [0.2, 0.25) is 0 Å². The van der Waals surface area contributed by atoms with Crippen LogP contribution in [0.3, 0.4) is 0 Å². The minimum atomic E-state index is 0.612. The Hall–Kier alpha value is -2.44. The minimum absolute atomic E-state index is 0.612. The highest BCUT2D eigenvalue weighted by Gasteiger charge is 2.14. The van der Waals surface area contributed by atoms with Gasteiger partial charge >= 0.3 is 0 Å². The number of aryl methyl sites for hydroxylation is 1. The molecule has 0 amide bonds. The van der Waals surface area contributed by atoms with Gasteiger partial charge in [-0.1, -0.05) is 0 Å². The summed E-state index contributed by atoms with van der Waals surface area (Å²) in [5.74, 6) is 0.657. The van der Waals surface area contributed by atoms with Gasteiger partial charge in [0, 0.05) is 0 Å². The molecule has 86 valence electrons. The van der Waals surface area contributed by atoms with Crippen molar-refractivity contribution in [1.29, 1.82) is 0 Å². The van der Waals surface area contributed by atoms with E-state index in [1.54, 1.807) is 11.0 Å². The van der Waals surface area contributed by atoms with Crippen molar-refractivity contribution in [2.24, 2.45) is 0 Å². The van der Waals surface area contributed by atoms with Crippen molar-refractivity contribution in [2.45, 2.75) is 13.8 Å². The lowest BCUT2D eigenvalue weighted by molar-refractivity contribution is 0.808. The molecule has 0 atom stereocenters. The lowest BCUT2D eigenvalue weighted by atomic mass is 10.3. The number of rotatable bonds is 1. The van der Waals surface area contributed by atoms with Crippen molar-refractivity contribution in [3.05, 3.63) is 24.0 Å². The van der Waals surface area contributed by atoms with Crippen LogP contribution in [0.25, 0.3) is 17.0 Å². The van der Waals surface area contributed by atoms with Gasteiger partial charge in [-0.05, 0) is 13.8 Å². The summed E-state index contributed by atoms with van der Waals surface area (Å²) in [6, 6.07) is 0. The summed E-state index contributed by atoms with van der Waals surface area (Å²) in [6.45, 7) is 3.77. The van der Waals surface area contributed by atoms with Crippen LogP contribution in [0.15, 0.2) is 12.7 Å². The van der Waals surface area contributed by atoms with Crippen molar-refractivity contribution in [1.82, 2.24) is 29.7 Å². The topological polar surface area (TPSA) is 98.3 Å². The molecule has 0 aromatic carbocycles. The number of nitrogens with zero attached hydrogens (tertiary/aromatic N) is 5. The Balaban J connectivity index is 2.34. The Bertz CT molecular complexity index is 694. The maximum atomic E-state index is 5.91. The summed E-state index contributed by atoms with van der Waals surface area (Å²) in [6.07, 6.45) is 3.04. The molecule has 3 rings (SSSR count). The molecule has 0 saturated heterocycles. The van der Waals surface area contributed by atoms with Gasteiger partial charge in [0.25, 0.3) is 0 Å². The molecule has 0 bridgehead atoms. The van der Waals surface area contributed by atoms with Crippen molar-refractivity contribution < 1.29 is 0 Å². The highest BCUT2D eigenvalue weighted by Crippen LogP contribution is 2.21. The van der Waals surface area contributed by atoms with Crippen LogP contribution in [0.5, 0.6) is 0 Å². The number of fused-ring (bicyclic) bond motifs is 1. The van der Waals surface area contributed by atoms with Gasteiger partial charge in [-0.25, -0.2) is 19.6 Å². The second kappa shape index (κ2) is 3.27. The molecule has 0 unspecified atom stereocenters. The Morgan fingerprint density at radius 2 is 2.06 bits per heavy atom. The molecule has 0 saturated carbocycles. The van der Waals surface area contributed by atoms with Crippen LogP contribution in [-0.4, -0.2) is 29.7 Å². The van der Waals surface area contributed by atoms with E-state index in [0.717, 1.165) is 16.9 Å². The first kappa shape index (κ1) is 9.76. The summed E-state index contributed by atoms with van der Waals surface area (Å²) < 4.78 is 1.70. The first-order valence-electron chi connectivity index (χ1n) is 5.14. The molecule has 7 heteroatoms. The molecule has 3 N–H and O–H groups in total. The van der Waals surface area contributed by atoms with E-state index in [-0.39, 0.29) is 0 Å². The third-order valence-electron chi connectivity index (χ3n) is 2.75. The van der Waals surface area contributed by atoms with Gasteiger partial charge in [0.05, 0.1) is 23.4 Å². The smallest absolute Gasteiger partial charge is 0.182 e. The molecule has 0 fully saturated rings. The van der Waals surface area contributed by atoms with E-state index >= 15 is 0 Å². The van der Waals surface area contributed by atoms with E-state index in [0.29, 0.717) is 17.2 Å². The average Bonchev–Trinajstić information content (AvgIpc) is 2.89. The fraction of sp³-hybridized carbons (Fsp3) is 0.200. The van der Waals surface area contributed by atoms with Crippen molar-refractivity contribution in [2.75, 3.05) is 5.73 Å². The minimum Gasteiger partial charge on any atom is -0.396 e. The quantitative estimate of drug-likeness (QED) is 0.641. The number of imidazole rings is 1. The Morgan fingerprint density at radius 1 is 1.24 bits per heavy atom. The third kappa shape index (κ3) is 1.28. The molecule has 0 aliphatic carbocycles. The largest absolute Gasteiger partial charge is 0.396 e. The van der Waals surface area contributed by atoms with Gasteiger partial charge in [0.2, 0.25) is 0 Å². The van der Waals surface area contributed by atoms with Gasteiger partial charge in [-0.15, -0.1) is 0 Å². The number of hydrogen-bond acceptors (Lipinski definition) is 5. The number of aromatic nitrogens is 6. The van der Waals surface area contributed by atoms with Crippen molar-refractivity contribution in [3.63, 3.8) is 0 Å². The zero-order valence-corrected chi connectivity index (χ0v) is 9.47. The van der Waals surface area contributed by atoms with Crippen LogP contribution < -0.4 is 5.73 Å². The Kier molecular flexibility index (Phi) is 1.88. The molecule has 0 spiro atoms. The molecule has 3 heterocycles. The van der Waals surface area contributed by atoms with Crippen LogP contribution in [0, 0.1) is 13.8 Å². The molecule has 3 aromatic heterocycles. The van der Waals surface area contributed by atoms with E-state index in [1.165, 1.54) is 6.33 Å².